The molecule has 1 atom stereocenters. The average molecular weight is 327 g/mol. The average Bonchev–Trinajstić information content (AvgIpc) is 2.83. The van der Waals surface area contributed by atoms with Crippen molar-refractivity contribution in [2.24, 2.45) is 0 Å². The van der Waals surface area contributed by atoms with Crippen molar-refractivity contribution in [1.82, 2.24) is 9.55 Å². The van der Waals surface area contributed by atoms with E-state index in [0.29, 0.717) is 11.1 Å². The SMILES string of the molecule is Cc1sc2ncn([C@H](C)C(=O)Nc3ccccc3)c(=O)c2c1C. The molecule has 3 aromatic rings. The highest BCUT2D eigenvalue weighted by Crippen LogP contribution is 2.26. The molecule has 1 amide bonds. The van der Waals surface area contributed by atoms with E-state index in [9.17, 15) is 9.59 Å². The summed E-state index contributed by atoms with van der Waals surface area (Å²) in [6, 6.07) is 8.54. The molecule has 0 unspecified atom stereocenters. The van der Waals surface area contributed by atoms with Crippen LogP contribution in [-0.2, 0) is 4.79 Å². The molecule has 0 saturated carbocycles. The molecule has 0 spiro atoms. The molecule has 2 aromatic heterocycles. The zero-order chi connectivity index (χ0) is 16.6. The van der Waals surface area contributed by atoms with Crippen molar-refractivity contribution in [3.63, 3.8) is 0 Å². The number of amides is 1. The van der Waals surface area contributed by atoms with Crippen molar-refractivity contribution in [2.75, 3.05) is 5.32 Å². The minimum atomic E-state index is -0.640. The molecule has 6 heteroatoms. The van der Waals surface area contributed by atoms with Gasteiger partial charge in [0.15, 0.2) is 0 Å². The fourth-order valence-corrected chi connectivity index (χ4v) is 3.41. The summed E-state index contributed by atoms with van der Waals surface area (Å²) in [6.45, 7) is 5.58. The third kappa shape index (κ3) is 2.77. The number of carbonyl (C=O) groups is 1. The first-order valence-electron chi connectivity index (χ1n) is 7.32. The van der Waals surface area contributed by atoms with Gasteiger partial charge in [0.2, 0.25) is 5.91 Å². The van der Waals surface area contributed by atoms with Crippen molar-refractivity contribution < 1.29 is 4.79 Å². The maximum Gasteiger partial charge on any atom is 0.263 e. The van der Waals surface area contributed by atoms with E-state index in [1.165, 1.54) is 22.2 Å². The smallest absolute Gasteiger partial charge is 0.263 e. The van der Waals surface area contributed by atoms with Gasteiger partial charge in [0, 0.05) is 10.6 Å². The van der Waals surface area contributed by atoms with Crippen molar-refractivity contribution in [2.45, 2.75) is 26.8 Å². The summed E-state index contributed by atoms with van der Waals surface area (Å²) in [6.07, 6.45) is 1.45. The van der Waals surface area contributed by atoms with E-state index in [2.05, 4.69) is 10.3 Å². The second kappa shape index (κ2) is 5.96. The summed E-state index contributed by atoms with van der Waals surface area (Å²) in [7, 11) is 0. The Morgan fingerprint density at radius 3 is 2.65 bits per heavy atom. The lowest BCUT2D eigenvalue weighted by Gasteiger charge is -2.14. The van der Waals surface area contributed by atoms with Crippen molar-refractivity contribution >= 4 is 33.1 Å². The quantitative estimate of drug-likeness (QED) is 0.803. The summed E-state index contributed by atoms with van der Waals surface area (Å²) >= 11 is 1.50. The molecule has 2 heterocycles. The Bertz CT molecular complexity index is 928. The van der Waals surface area contributed by atoms with Crippen LogP contribution < -0.4 is 10.9 Å². The topological polar surface area (TPSA) is 64.0 Å². The molecular formula is C17H17N3O2S. The Labute approximate surface area is 137 Å². The van der Waals surface area contributed by atoms with E-state index in [4.69, 9.17) is 0 Å². The molecule has 3 rings (SSSR count). The van der Waals surface area contributed by atoms with Crippen LogP contribution in [0.15, 0.2) is 41.5 Å². The number of aryl methyl sites for hydroxylation is 2. The molecule has 0 bridgehead atoms. The van der Waals surface area contributed by atoms with Crippen LogP contribution in [0.5, 0.6) is 0 Å². The van der Waals surface area contributed by atoms with E-state index in [1.807, 2.05) is 32.0 Å². The minimum absolute atomic E-state index is 0.174. The molecule has 0 aliphatic heterocycles. The van der Waals surface area contributed by atoms with Crippen LogP contribution in [0.4, 0.5) is 5.69 Å². The zero-order valence-electron chi connectivity index (χ0n) is 13.2. The Kier molecular flexibility index (Phi) is 4.00. The summed E-state index contributed by atoms with van der Waals surface area (Å²) in [4.78, 5) is 31.2. The molecule has 0 aliphatic carbocycles. The van der Waals surface area contributed by atoms with Crippen LogP contribution in [0.2, 0.25) is 0 Å². The number of para-hydroxylation sites is 1. The van der Waals surface area contributed by atoms with Crippen LogP contribution in [0.1, 0.15) is 23.4 Å². The van der Waals surface area contributed by atoms with Gasteiger partial charge in [-0.25, -0.2) is 4.98 Å². The van der Waals surface area contributed by atoms with E-state index in [0.717, 1.165) is 15.3 Å². The van der Waals surface area contributed by atoms with Gasteiger partial charge in [0.1, 0.15) is 10.9 Å². The molecule has 1 N–H and O–H groups in total. The van der Waals surface area contributed by atoms with Crippen molar-refractivity contribution in [1.29, 1.82) is 0 Å². The molecule has 0 aliphatic rings. The molecule has 118 valence electrons. The Morgan fingerprint density at radius 2 is 1.96 bits per heavy atom. The largest absolute Gasteiger partial charge is 0.324 e. The Balaban J connectivity index is 1.96. The molecule has 23 heavy (non-hydrogen) atoms. The number of hydrogen-bond donors (Lipinski definition) is 1. The molecule has 0 saturated heterocycles. The Hall–Kier alpha value is -2.47. The summed E-state index contributed by atoms with van der Waals surface area (Å²) < 4.78 is 1.39. The third-order valence-electron chi connectivity index (χ3n) is 3.95. The van der Waals surface area contributed by atoms with Crippen LogP contribution in [0.25, 0.3) is 10.2 Å². The molecule has 0 radical (unpaired) electrons. The van der Waals surface area contributed by atoms with Gasteiger partial charge in [-0.3, -0.25) is 14.2 Å². The second-order valence-corrected chi connectivity index (χ2v) is 6.65. The predicted molar refractivity (Wildman–Crippen MR) is 93.1 cm³/mol. The highest BCUT2D eigenvalue weighted by molar-refractivity contribution is 7.18. The van der Waals surface area contributed by atoms with Gasteiger partial charge in [-0.2, -0.15) is 0 Å². The zero-order valence-corrected chi connectivity index (χ0v) is 14.0. The maximum absolute atomic E-state index is 12.7. The first kappa shape index (κ1) is 15.4. The van der Waals surface area contributed by atoms with E-state index < -0.39 is 6.04 Å². The van der Waals surface area contributed by atoms with Gasteiger partial charge in [-0.15, -0.1) is 11.3 Å². The molecule has 5 nitrogen and oxygen atoms in total. The highest BCUT2D eigenvalue weighted by atomic mass is 32.1. The second-order valence-electron chi connectivity index (χ2n) is 5.45. The summed E-state index contributed by atoms with van der Waals surface area (Å²) in [5.74, 6) is -0.246. The van der Waals surface area contributed by atoms with Crippen LogP contribution in [-0.4, -0.2) is 15.5 Å². The number of rotatable bonds is 3. The minimum Gasteiger partial charge on any atom is -0.324 e. The lowest BCUT2D eigenvalue weighted by Crippen LogP contribution is -2.31. The highest BCUT2D eigenvalue weighted by Gasteiger charge is 2.19. The van der Waals surface area contributed by atoms with Gasteiger partial charge in [-0.1, -0.05) is 18.2 Å². The van der Waals surface area contributed by atoms with E-state index >= 15 is 0 Å². The van der Waals surface area contributed by atoms with Gasteiger partial charge in [-0.05, 0) is 38.5 Å². The number of aromatic nitrogens is 2. The van der Waals surface area contributed by atoms with Gasteiger partial charge in [0.05, 0.1) is 11.7 Å². The van der Waals surface area contributed by atoms with Crippen LogP contribution >= 0.6 is 11.3 Å². The molecule has 1 aromatic carbocycles. The van der Waals surface area contributed by atoms with E-state index in [1.54, 1.807) is 19.1 Å². The predicted octanol–water partition coefficient (Wildman–Crippen LogP) is 3.27. The number of carbonyl (C=O) groups excluding carboxylic acids is 1. The first-order valence-corrected chi connectivity index (χ1v) is 8.13. The number of nitrogens with one attached hydrogen (secondary N) is 1. The van der Waals surface area contributed by atoms with Crippen molar-refractivity contribution in [3.05, 3.63) is 57.5 Å². The fraction of sp³-hybridized carbons (Fsp3) is 0.235. The standard InChI is InChI=1S/C17H17N3O2S/c1-10-12(3)23-16-14(10)17(22)20(9-18-16)11(2)15(21)19-13-7-5-4-6-8-13/h4-9,11H,1-3H3,(H,19,21)/t11-/m1/s1. The monoisotopic (exact) mass is 327 g/mol. The normalized spacial score (nSPS) is 12.3. The van der Waals surface area contributed by atoms with Crippen molar-refractivity contribution in [3.8, 4) is 0 Å². The lowest BCUT2D eigenvalue weighted by molar-refractivity contribution is -0.118. The molecule has 0 fully saturated rings. The van der Waals surface area contributed by atoms with Crippen LogP contribution in [0.3, 0.4) is 0 Å². The third-order valence-corrected chi connectivity index (χ3v) is 5.07. The van der Waals surface area contributed by atoms with Gasteiger partial charge in [0.25, 0.3) is 5.56 Å². The number of anilines is 1. The van der Waals surface area contributed by atoms with E-state index in [-0.39, 0.29) is 11.5 Å². The maximum atomic E-state index is 12.7. The van der Waals surface area contributed by atoms with Crippen LogP contribution in [0, 0.1) is 13.8 Å². The summed E-state index contributed by atoms with van der Waals surface area (Å²) in [5.41, 5.74) is 1.47. The number of hydrogen-bond acceptors (Lipinski definition) is 4. The number of fused-ring (bicyclic) bond motifs is 1. The molecular weight excluding hydrogens is 310 g/mol. The van der Waals surface area contributed by atoms with Gasteiger partial charge < -0.3 is 5.32 Å². The lowest BCUT2D eigenvalue weighted by atomic mass is 10.2. The summed E-state index contributed by atoms with van der Waals surface area (Å²) in [5, 5.41) is 3.42. The Morgan fingerprint density at radius 1 is 1.26 bits per heavy atom. The first-order chi connectivity index (χ1) is 11.0. The number of thiophene rings is 1. The number of benzene rings is 1. The van der Waals surface area contributed by atoms with Gasteiger partial charge >= 0.3 is 0 Å². The fourth-order valence-electron chi connectivity index (χ4n) is 2.42. The number of nitrogens with zero attached hydrogens (tertiary/aromatic N) is 2.